The van der Waals surface area contributed by atoms with E-state index in [-0.39, 0.29) is 11.9 Å². The van der Waals surface area contributed by atoms with Gasteiger partial charge in [0.1, 0.15) is 0 Å². The Hall–Kier alpha value is -2.30. The summed E-state index contributed by atoms with van der Waals surface area (Å²) in [4.78, 5) is 10.6. The van der Waals surface area contributed by atoms with E-state index in [9.17, 15) is 0 Å². The van der Waals surface area contributed by atoms with Crippen LogP contribution in [-0.4, -0.2) is 74.5 Å². The Labute approximate surface area is 139 Å². The highest BCUT2D eigenvalue weighted by Gasteiger charge is 2.11. The van der Waals surface area contributed by atoms with Crippen molar-refractivity contribution in [1.82, 2.24) is 19.8 Å². The molecule has 0 amide bonds. The van der Waals surface area contributed by atoms with Gasteiger partial charge >= 0.3 is 0 Å². The van der Waals surface area contributed by atoms with Gasteiger partial charge in [-0.1, -0.05) is 10.3 Å². The zero-order valence-electron chi connectivity index (χ0n) is 13.3. The molecule has 0 spiro atoms. The second-order valence-electron chi connectivity index (χ2n) is 4.85. The summed E-state index contributed by atoms with van der Waals surface area (Å²) in [7, 11) is 1.69. The molecule has 1 rings (SSSR count). The fraction of sp³-hybridized carbons (Fsp3) is 0.583. The number of hydrogen-bond donors (Lipinski definition) is 5. The van der Waals surface area contributed by atoms with Gasteiger partial charge in [0.25, 0.3) is 0 Å². The summed E-state index contributed by atoms with van der Waals surface area (Å²) in [6.07, 6.45) is 1.68. The van der Waals surface area contributed by atoms with Gasteiger partial charge in [0.15, 0.2) is 0 Å². The van der Waals surface area contributed by atoms with Crippen LogP contribution in [0.4, 0.5) is 0 Å². The first-order valence-corrected chi connectivity index (χ1v) is 8.12. The molecule has 0 aliphatic heterocycles. The number of imidazole rings is 1. The van der Waals surface area contributed by atoms with E-state index in [4.69, 9.17) is 21.9 Å². The first-order chi connectivity index (χ1) is 11.0. The minimum Gasteiger partial charge on any atom is -0.408 e. The Balaban J connectivity index is 2.41. The molecule has 0 saturated heterocycles. The molecule has 11 heteroatoms. The van der Waals surface area contributed by atoms with Crippen LogP contribution in [0.25, 0.3) is 0 Å². The molecule has 0 aromatic carbocycles. The fourth-order valence-electron chi connectivity index (χ4n) is 1.74. The maximum absolute atomic E-state index is 8.87. The minimum absolute atomic E-state index is 0.00726. The van der Waals surface area contributed by atoms with Crippen LogP contribution in [0, 0.1) is 6.92 Å². The molecule has 0 saturated carbocycles. The third-order valence-electron chi connectivity index (χ3n) is 3.30. The second kappa shape index (κ2) is 9.66. The van der Waals surface area contributed by atoms with Gasteiger partial charge in [-0.15, -0.1) is 0 Å². The molecule has 0 fully saturated rings. The molecule has 0 unspecified atom stereocenters. The molecule has 0 aliphatic carbocycles. The number of guanidine groups is 2. The van der Waals surface area contributed by atoms with E-state index in [1.54, 1.807) is 34.9 Å². The highest BCUT2D eigenvalue weighted by atomic mass is 32.2. The van der Waals surface area contributed by atoms with Crippen molar-refractivity contribution in [2.24, 2.45) is 21.8 Å². The van der Waals surface area contributed by atoms with E-state index in [1.807, 2.05) is 6.92 Å². The van der Waals surface area contributed by atoms with Gasteiger partial charge in [-0.05, 0) is 6.92 Å². The van der Waals surface area contributed by atoms with Gasteiger partial charge < -0.3 is 36.7 Å². The van der Waals surface area contributed by atoms with Crippen molar-refractivity contribution in [2.75, 3.05) is 32.4 Å². The Morgan fingerprint density at radius 3 is 2.52 bits per heavy atom. The zero-order chi connectivity index (χ0) is 17.2. The third-order valence-corrected chi connectivity index (χ3v) is 4.25. The molecule has 7 N–H and O–H groups in total. The molecule has 0 radical (unpaired) electrons. The number of oxime groups is 2. The molecule has 0 atom stereocenters. The number of aromatic amines is 1. The predicted octanol–water partition coefficient (Wildman–Crippen LogP) is -0.407. The molecular formula is C12H24N8O2S. The van der Waals surface area contributed by atoms with Crippen molar-refractivity contribution in [2.45, 2.75) is 12.7 Å². The van der Waals surface area contributed by atoms with E-state index in [1.165, 1.54) is 0 Å². The van der Waals surface area contributed by atoms with Crippen LogP contribution in [0.1, 0.15) is 11.4 Å². The largest absolute Gasteiger partial charge is 0.408 e. The number of aryl methyl sites for hydroxylation is 1. The summed E-state index contributed by atoms with van der Waals surface area (Å²) in [5.41, 5.74) is 13.3. The first kappa shape index (κ1) is 18.7. The maximum atomic E-state index is 8.87. The normalized spacial score (nSPS) is 12.4. The molecule has 0 aliphatic rings. The smallest absolute Gasteiger partial charge is 0.233 e. The lowest BCUT2D eigenvalue weighted by molar-refractivity contribution is 0.288. The summed E-state index contributed by atoms with van der Waals surface area (Å²) >= 11 is 1.71. The fourth-order valence-corrected chi connectivity index (χ4v) is 2.72. The summed E-state index contributed by atoms with van der Waals surface area (Å²) in [6, 6.07) is 0. The highest BCUT2D eigenvalue weighted by Crippen LogP contribution is 2.12. The Morgan fingerprint density at radius 2 is 1.96 bits per heavy atom. The van der Waals surface area contributed by atoms with E-state index in [2.05, 4.69) is 20.3 Å². The van der Waals surface area contributed by atoms with E-state index in [0.717, 1.165) is 22.9 Å². The topological polar surface area (TPSA) is 152 Å². The maximum Gasteiger partial charge on any atom is 0.233 e. The molecule has 130 valence electrons. The summed E-state index contributed by atoms with van der Waals surface area (Å²) in [5, 5.41) is 23.4. The number of aromatic nitrogens is 2. The van der Waals surface area contributed by atoms with Crippen molar-refractivity contribution in [3.05, 3.63) is 17.7 Å². The van der Waals surface area contributed by atoms with Crippen LogP contribution < -0.4 is 11.5 Å². The number of likely N-dealkylation sites (N-methyl/N-ethyl adjacent to an activating group) is 1. The molecule has 10 nitrogen and oxygen atoms in total. The SMILES string of the molecule is Cc1[nH]cnc1CSCCN(CCN(C)C(N)=NO)C(N)=NO. The molecule has 1 aromatic rings. The van der Waals surface area contributed by atoms with Gasteiger partial charge in [0.2, 0.25) is 11.9 Å². The lowest BCUT2D eigenvalue weighted by atomic mass is 10.4. The van der Waals surface area contributed by atoms with E-state index in [0.29, 0.717) is 19.6 Å². The zero-order valence-corrected chi connectivity index (χ0v) is 14.1. The van der Waals surface area contributed by atoms with Crippen LogP contribution in [0.2, 0.25) is 0 Å². The molecule has 1 heterocycles. The number of rotatable bonds is 8. The average Bonchev–Trinajstić information content (AvgIpc) is 2.97. The van der Waals surface area contributed by atoms with E-state index < -0.39 is 0 Å². The van der Waals surface area contributed by atoms with Crippen molar-refractivity contribution in [3.8, 4) is 0 Å². The number of hydrogen-bond acceptors (Lipinski definition) is 6. The van der Waals surface area contributed by atoms with Crippen LogP contribution in [0.15, 0.2) is 16.6 Å². The van der Waals surface area contributed by atoms with Gasteiger partial charge in [0, 0.05) is 43.9 Å². The molecule has 1 aromatic heterocycles. The van der Waals surface area contributed by atoms with Crippen LogP contribution in [-0.2, 0) is 5.75 Å². The number of nitrogens with zero attached hydrogens (tertiary/aromatic N) is 5. The van der Waals surface area contributed by atoms with E-state index >= 15 is 0 Å². The first-order valence-electron chi connectivity index (χ1n) is 6.97. The summed E-state index contributed by atoms with van der Waals surface area (Å²) in [6.45, 7) is 3.53. The lowest BCUT2D eigenvalue weighted by Gasteiger charge is -2.25. The van der Waals surface area contributed by atoms with Gasteiger partial charge in [0.05, 0.1) is 12.0 Å². The van der Waals surface area contributed by atoms with Gasteiger partial charge in [-0.3, -0.25) is 0 Å². The molecule has 0 bridgehead atoms. The average molecular weight is 344 g/mol. The number of H-pyrrole nitrogens is 1. The lowest BCUT2D eigenvalue weighted by Crippen LogP contribution is -2.45. The number of thioether (sulfide) groups is 1. The Morgan fingerprint density at radius 1 is 1.26 bits per heavy atom. The van der Waals surface area contributed by atoms with Crippen molar-refractivity contribution in [1.29, 1.82) is 0 Å². The summed E-state index contributed by atoms with van der Waals surface area (Å²) in [5.74, 6) is 1.63. The standard InChI is InChI=1S/C12H24N8O2S/c1-9-10(16-8-15-9)7-23-6-5-20(12(14)18-22)4-3-19(2)11(13)17-21/h8,21-22H,3-7H2,1-2H3,(H2,13,17)(H2,14,18)(H,15,16). The monoisotopic (exact) mass is 344 g/mol. The van der Waals surface area contributed by atoms with Crippen molar-refractivity contribution in [3.63, 3.8) is 0 Å². The van der Waals surface area contributed by atoms with Gasteiger partial charge in [-0.25, -0.2) is 4.98 Å². The third kappa shape index (κ3) is 6.14. The Kier molecular flexibility index (Phi) is 7.88. The Bertz CT molecular complexity index is 533. The number of nitrogens with two attached hydrogens (primary N) is 2. The van der Waals surface area contributed by atoms with Crippen LogP contribution in [0.5, 0.6) is 0 Å². The van der Waals surface area contributed by atoms with Crippen molar-refractivity contribution >= 4 is 23.7 Å². The molecule has 23 heavy (non-hydrogen) atoms. The predicted molar refractivity (Wildman–Crippen MR) is 90.5 cm³/mol. The minimum atomic E-state index is 0.00726. The number of nitrogens with one attached hydrogen (secondary N) is 1. The van der Waals surface area contributed by atoms with Gasteiger partial charge in [-0.2, -0.15) is 11.8 Å². The highest BCUT2D eigenvalue weighted by molar-refractivity contribution is 7.98. The quantitative estimate of drug-likeness (QED) is 0.140. The van der Waals surface area contributed by atoms with Crippen LogP contribution >= 0.6 is 11.8 Å². The van der Waals surface area contributed by atoms with Crippen LogP contribution in [0.3, 0.4) is 0 Å². The second-order valence-corrected chi connectivity index (χ2v) is 5.96. The molecular weight excluding hydrogens is 320 g/mol. The summed E-state index contributed by atoms with van der Waals surface area (Å²) < 4.78 is 0. The van der Waals surface area contributed by atoms with Crippen molar-refractivity contribution < 1.29 is 10.4 Å².